The molecule has 0 saturated carbocycles. The number of nitrogens with one attached hydrogen (secondary N) is 1. The molecule has 0 spiro atoms. The highest BCUT2D eigenvalue weighted by atomic mass is 16.4. The van der Waals surface area contributed by atoms with Gasteiger partial charge in [0.15, 0.2) is 0 Å². The monoisotopic (exact) mass is 326 g/mol. The molecule has 0 radical (unpaired) electrons. The summed E-state index contributed by atoms with van der Waals surface area (Å²) in [6.45, 7) is 0.635. The van der Waals surface area contributed by atoms with Crippen LogP contribution in [0.1, 0.15) is 30.4 Å². The van der Waals surface area contributed by atoms with Crippen LogP contribution in [0.25, 0.3) is 11.1 Å². The molecule has 1 atom stereocenters. The van der Waals surface area contributed by atoms with E-state index >= 15 is 0 Å². The summed E-state index contributed by atoms with van der Waals surface area (Å²) in [5.41, 5.74) is 11.0. The fraction of sp³-hybridized carbons (Fsp3) is 0.350. The molecular formula is C20H26N2O2. The number of benzene rings is 2. The van der Waals surface area contributed by atoms with Crippen LogP contribution in [0.5, 0.6) is 0 Å². The molecule has 0 saturated heterocycles. The fourth-order valence-electron chi connectivity index (χ4n) is 2.96. The summed E-state index contributed by atoms with van der Waals surface area (Å²) in [6, 6.07) is 16.9. The Kier molecular flexibility index (Phi) is 6.97. The van der Waals surface area contributed by atoms with Crippen LogP contribution in [0, 0.1) is 0 Å². The number of rotatable bonds is 6. The molecule has 3 rings (SSSR count). The Labute approximate surface area is 143 Å². The van der Waals surface area contributed by atoms with Gasteiger partial charge >= 0.3 is 5.97 Å². The van der Waals surface area contributed by atoms with Crippen molar-refractivity contribution in [3.63, 3.8) is 0 Å². The van der Waals surface area contributed by atoms with Gasteiger partial charge in [-0.25, -0.2) is 0 Å². The molecule has 0 aromatic heterocycles. The van der Waals surface area contributed by atoms with Crippen LogP contribution in [0.4, 0.5) is 0 Å². The van der Waals surface area contributed by atoms with E-state index in [0.717, 1.165) is 19.3 Å². The number of nitrogens with two attached hydrogens (primary N) is 1. The number of likely N-dealkylation sites (N-methyl/N-ethyl adjacent to an activating group) is 1. The number of carboxylic acid groups (broad SMARTS) is 1. The second kappa shape index (κ2) is 9.21. The standard InChI is InChI=1S/C13H10.C7H16N2O2/c1-3-7-12-10(5-1)9-11-6-2-4-8-13(11)12;1-9-6(7(10)11)4-2-3-5-8/h1-8H,9H2;6,9H,2-5,8H2,1H3,(H,10,11)/t;6-/m.0/s1. The predicted octanol–water partition coefficient (Wildman–Crippen LogP) is 3.05. The smallest absolute Gasteiger partial charge is 0.320 e. The molecule has 0 fully saturated rings. The van der Waals surface area contributed by atoms with Crippen LogP contribution < -0.4 is 11.1 Å². The molecule has 0 unspecified atom stereocenters. The van der Waals surface area contributed by atoms with Gasteiger partial charge in [0.1, 0.15) is 6.04 Å². The minimum absolute atomic E-state index is 0.415. The maximum Gasteiger partial charge on any atom is 0.320 e. The van der Waals surface area contributed by atoms with E-state index < -0.39 is 12.0 Å². The van der Waals surface area contributed by atoms with Gasteiger partial charge in [-0.1, -0.05) is 55.0 Å². The number of hydrogen-bond donors (Lipinski definition) is 3. The largest absolute Gasteiger partial charge is 0.480 e. The zero-order chi connectivity index (χ0) is 17.4. The van der Waals surface area contributed by atoms with Crippen LogP contribution in [0.3, 0.4) is 0 Å². The summed E-state index contributed by atoms with van der Waals surface area (Å²) < 4.78 is 0. The average molecular weight is 326 g/mol. The molecule has 1 aliphatic rings. The van der Waals surface area contributed by atoms with Crippen molar-refractivity contribution in [3.05, 3.63) is 59.7 Å². The van der Waals surface area contributed by atoms with E-state index in [1.165, 1.54) is 22.3 Å². The number of carbonyl (C=O) groups is 1. The van der Waals surface area contributed by atoms with Gasteiger partial charge in [-0.3, -0.25) is 4.79 Å². The SMILES string of the molecule is CN[C@@H](CCCCN)C(=O)O.c1ccc2c(c1)Cc1ccccc1-2. The van der Waals surface area contributed by atoms with Gasteiger partial charge in [-0.05, 0) is 55.1 Å². The molecule has 1 aliphatic carbocycles. The van der Waals surface area contributed by atoms with E-state index in [2.05, 4.69) is 53.8 Å². The minimum atomic E-state index is -0.787. The van der Waals surface area contributed by atoms with Crippen LogP contribution in [-0.2, 0) is 11.2 Å². The molecule has 0 amide bonds. The number of fused-ring (bicyclic) bond motifs is 3. The molecule has 2 aromatic rings. The number of hydrogen-bond acceptors (Lipinski definition) is 3. The van der Waals surface area contributed by atoms with Gasteiger partial charge in [-0.2, -0.15) is 0 Å². The molecule has 4 N–H and O–H groups in total. The van der Waals surface area contributed by atoms with E-state index in [0.29, 0.717) is 13.0 Å². The summed E-state index contributed by atoms with van der Waals surface area (Å²) in [4.78, 5) is 10.4. The Bertz CT molecular complexity index is 627. The van der Waals surface area contributed by atoms with Crippen molar-refractivity contribution in [1.82, 2.24) is 5.32 Å². The van der Waals surface area contributed by atoms with Crippen molar-refractivity contribution in [2.75, 3.05) is 13.6 Å². The van der Waals surface area contributed by atoms with Crippen LogP contribution in [-0.4, -0.2) is 30.7 Å². The maximum absolute atomic E-state index is 10.4. The molecular weight excluding hydrogens is 300 g/mol. The molecule has 0 aliphatic heterocycles. The highest BCUT2D eigenvalue weighted by Gasteiger charge is 2.15. The van der Waals surface area contributed by atoms with Crippen molar-refractivity contribution >= 4 is 5.97 Å². The minimum Gasteiger partial charge on any atom is -0.480 e. The lowest BCUT2D eigenvalue weighted by Crippen LogP contribution is -2.33. The first-order valence-corrected chi connectivity index (χ1v) is 8.43. The van der Waals surface area contributed by atoms with Gasteiger partial charge in [0.2, 0.25) is 0 Å². The Hall–Kier alpha value is -2.17. The molecule has 0 heterocycles. The van der Waals surface area contributed by atoms with Crippen LogP contribution in [0.15, 0.2) is 48.5 Å². The van der Waals surface area contributed by atoms with Gasteiger partial charge < -0.3 is 16.2 Å². The molecule has 24 heavy (non-hydrogen) atoms. The first kappa shape index (κ1) is 18.2. The lowest BCUT2D eigenvalue weighted by Gasteiger charge is -2.09. The lowest BCUT2D eigenvalue weighted by atomic mass is 10.1. The topological polar surface area (TPSA) is 75.3 Å². The molecule has 2 aromatic carbocycles. The Balaban J connectivity index is 0.000000178. The van der Waals surface area contributed by atoms with E-state index in [1.54, 1.807) is 7.05 Å². The lowest BCUT2D eigenvalue weighted by molar-refractivity contribution is -0.139. The van der Waals surface area contributed by atoms with Crippen molar-refractivity contribution in [2.24, 2.45) is 5.73 Å². The third-order valence-corrected chi connectivity index (χ3v) is 4.30. The van der Waals surface area contributed by atoms with E-state index in [9.17, 15) is 4.79 Å². The molecule has 0 bridgehead atoms. The maximum atomic E-state index is 10.4. The highest BCUT2D eigenvalue weighted by Crippen LogP contribution is 2.35. The molecule has 4 heteroatoms. The van der Waals surface area contributed by atoms with Gasteiger partial charge in [0, 0.05) is 0 Å². The van der Waals surface area contributed by atoms with E-state index in [-0.39, 0.29) is 0 Å². The average Bonchev–Trinajstić information content (AvgIpc) is 2.98. The van der Waals surface area contributed by atoms with Crippen molar-refractivity contribution in [2.45, 2.75) is 31.7 Å². The predicted molar refractivity (Wildman–Crippen MR) is 98.1 cm³/mol. The Morgan fingerprint density at radius 1 is 1.08 bits per heavy atom. The zero-order valence-corrected chi connectivity index (χ0v) is 14.2. The summed E-state index contributed by atoms with van der Waals surface area (Å²) in [6.07, 6.45) is 3.52. The fourth-order valence-corrected chi connectivity index (χ4v) is 2.96. The van der Waals surface area contributed by atoms with Crippen molar-refractivity contribution < 1.29 is 9.90 Å². The normalized spacial score (nSPS) is 12.6. The quantitative estimate of drug-likeness (QED) is 0.609. The first-order valence-electron chi connectivity index (χ1n) is 8.43. The molecule has 4 nitrogen and oxygen atoms in total. The van der Waals surface area contributed by atoms with Gasteiger partial charge in [-0.15, -0.1) is 0 Å². The number of aliphatic carboxylic acids is 1. The Morgan fingerprint density at radius 2 is 1.62 bits per heavy atom. The Morgan fingerprint density at radius 3 is 2.08 bits per heavy atom. The second-order valence-electron chi connectivity index (χ2n) is 5.96. The first-order chi connectivity index (χ1) is 11.7. The molecule has 128 valence electrons. The van der Waals surface area contributed by atoms with Gasteiger partial charge in [0.25, 0.3) is 0 Å². The number of unbranched alkanes of at least 4 members (excludes halogenated alkanes) is 1. The zero-order valence-electron chi connectivity index (χ0n) is 14.2. The van der Waals surface area contributed by atoms with Crippen LogP contribution >= 0.6 is 0 Å². The third-order valence-electron chi connectivity index (χ3n) is 4.30. The second-order valence-corrected chi connectivity index (χ2v) is 5.96. The summed E-state index contributed by atoms with van der Waals surface area (Å²) in [5, 5.41) is 11.3. The van der Waals surface area contributed by atoms with Crippen molar-refractivity contribution in [3.8, 4) is 11.1 Å². The third kappa shape index (κ3) is 4.66. The summed E-state index contributed by atoms with van der Waals surface area (Å²) >= 11 is 0. The highest BCUT2D eigenvalue weighted by molar-refractivity contribution is 5.76. The van der Waals surface area contributed by atoms with Crippen molar-refractivity contribution in [1.29, 1.82) is 0 Å². The summed E-state index contributed by atoms with van der Waals surface area (Å²) in [5.74, 6) is -0.787. The van der Waals surface area contributed by atoms with Crippen LogP contribution in [0.2, 0.25) is 0 Å². The summed E-state index contributed by atoms with van der Waals surface area (Å²) in [7, 11) is 1.65. The number of carboxylic acids is 1. The van der Waals surface area contributed by atoms with E-state index in [4.69, 9.17) is 10.8 Å². The van der Waals surface area contributed by atoms with E-state index in [1.807, 2.05) is 0 Å². The van der Waals surface area contributed by atoms with Gasteiger partial charge in [0.05, 0.1) is 0 Å².